The van der Waals surface area contributed by atoms with Gasteiger partial charge in [0.15, 0.2) is 0 Å². The van der Waals surface area contributed by atoms with Gasteiger partial charge in [-0.2, -0.15) is 0 Å². The average molecular weight is 373 g/mol. The minimum Gasteiger partial charge on any atom is -0.308 e. The third-order valence-electron chi connectivity index (χ3n) is 4.39. The number of sulfonamides is 1. The zero-order valence-corrected chi connectivity index (χ0v) is 15.8. The van der Waals surface area contributed by atoms with Crippen LogP contribution in [0.15, 0.2) is 42.5 Å². The predicted octanol–water partition coefficient (Wildman–Crippen LogP) is 3.74. The molecule has 1 aliphatic heterocycles. The number of rotatable bonds is 4. The zero-order valence-electron chi connectivity index (χ0n) is 15.0. The number of nitrogens with one attached hydrogen (secondary N) is 2. The lowest BCUT2D eigenvalue weighted by Crippen LogP contribution is -2.36. The minimum atomic E-state index is -3.28. The number of amides is 2. The molecular formula is C19H23N3O3S. The number of anilines is 3. The van der Waals surface area contributed by atoms with E-state index in [1.165, 1.54) is 4.31 Å². The Labute approximate surface area is 154 Å². The highest BCUT2D eigenvalue weighted by Gasteiger charge is 2.26. The topological polar surface area (TPSA) is 78.5 Å². The summed E-state index contributed by atoms with van der Waals surface area (Å²) in [7, 11) is -3.28. The maximum atomic E-state index is 12.3. The quantitative estimate of drug-likeness (QED) is 0.857. The van der Waals surface area contributed by atoms with Gasteiger partial charge in [-0.15, -0.1) is 0 Å². The molecular weight excluding hydrogens is 350 g/mol. The monoisotopic (exact) mass is 373 g/mol. The lowest BCUT2D eigenvalue weighted by atomic mass is 10.0. The number of fused-ring (bicyclic) bond motifs is 1. The molecule has 0 atom stereocenters. The maximum absolute atomic E-state index is 12.3. The highest BCUT2D eigenvalue weighted by molar-refractivity contribution is 7.92. The van der Waals surface area contributed by atoms with E-state index in [0.717, 1.165) is 29.7 Å². The number of hydrogen-bond acceptors (Lipinski definition) is 3. The molecule has 1 heterocycles. The Hall–Kier alpha value is -2.54. The first-order valence-electron chi connectivity index (χ1n) is 8.67. The highest BCUT2D eigenvalue weighted by atomic mass is 32.2. The summed E-state index contributed by atoms with van der Waals surface area (Å²) in [5.41, 5.74) is 4.07. The van der Waals surface area contributed by atoms with Gasteiger partial charge >= 0.3 is 6.03 Å². The van der Waals surface area contributed by atoms with E-state index in [0.29, 0.717) is 17.9 Å². The minimum absolute atomic E-state index is 0.0747. The Morgan fingerprint density at radius 2 is 1.85 bits per heavy atom. The van der Waals surface area contributed by atoms with Crippen LogP contribution in [0.4, 0.5) is 21.9 Å². The van der Waals surface area contributed by atoms with Crippen molar-refractivity contribution < 1.29 is 13.2 Å². The molecule has 2 aromatic rings. The van der Waals surface area contributed by atoms with Gasteiger partial charge in [0.2, 0.25) is 10.0 Å². The van der Waals surface area contributed by atoms with Gasteiger partial charge in [-0.3, -0.25) is 4.31 Å². The number of aryl methyl sites for hydroxylation is 2. The number of carbonyl (C=O) groups excluding carboxylic acids is 1. The number of hydrogen-bond donors (Lipinski definition) is 2. The fraction of sp³-hybridized carbons (Fsp3) is 0.316. The van der Waals surface area contributed by atoms with Crippen molar-refractivity contribution in [3.63, 3.8) is 0 Å². The molecule has 0 bridgehead atoms. The second kappa shape index (κ2) is 7.37. The number of carbonyl (C=O) groups is 1. The zero-order chi connectivity index (χ0) is 18.7. The van der Waals surface area contributed by atoms with Crippen molar-refractivity contribution in [2.75, 3.05) is 27.2 Å². The van der Waals surface area contributed by atoms with Crippen LogP contribution in [-0.2, 0) is 16.4 Å². The van der Waals surface area contributed by atoms with Crippen LogP contribution in [-0.4, -0.2) is 26.7 Å². The van der Waals surface area contributed by atoms with E-state index < -0.39 is 10.0 Å². The fourth-order valence-corrected chi connectivity index (χ4v) is 4.30. The standard InChI is InChI=1S/C19H23N3O3S/c1-3-26(24,25)22-11-5-7-15-13-17(9-10-18(15)22)21-19(23)20-16-8-4-6-14(2)12-16/h4,6,8-10,12-13H,3,5,7,11H2,1-2H3,(H2,20,21,23). The molecule has 0 unspecified atom stereocenters. The van der Waals surface area contributed by atoms with Crippen molar-refractivity contribution in [1.29, 1.82) is 0 Å². The Kier molecular flexibility index (Phi) is 5.18. The average Bonchev–Trinajstić information content (AvgIpc) is 2.61. The second-order valence-electron chi connectivity index (χ2n) is 6.37. The van der Waals surface area contributed by atoms with Gasteiger partial charge in [0, 0.05) is 17.9 Å². The van der Waals surface area contributed by atoms with Crippen molar-refractivity contribution >= 4 is 33.1 Å². The van der Waals surface area contributed by atoms with Crippen LogP contribution in [0, 0.1) is 6.92 Å². The summed E-state index contributed by atoms with van der Waals surface area (Å²) in [4.78, 5) is 12.2. The van der Waals surface area contributed by atoms with E-state index in [1.807, 2.05) is 37.3 Å². The van der Waals surface area contributed by atoms with Gasteiger partial charge in [0.25, 0.3) is 0 Å². The SMILES string of the molecule is CCS(=O)(=O)N1CCCc2cc(NC(=O)Nc3cccc(C)c3)ccc21. The number of benzene rings is 2. The van der Waals surface area contributed by atoms with Gasteiger partial charge in [0.05, 0.1) is 11.4 Å². The fourth-order valence-electron chi connectivity index (χ4n) is 3.10. The van der Waals surface area contributed by atoms with E-state index in [-0.39, 0.29) is 11.8 Å². The summed E-state index contributed by atoms with van der Waals surface area (Å²) in [6, 6.07) is 12.6. The summed E-state index contributed by atoms with van der Waals surface area (Å²) in [6.45, 7) is 4.11. The molecule has 0 spiro atoms. The summed E-state index contributed by atoms with van der Waals surface area (Å²) in [5, 5.41) is 5.61. The van der Waals surface area contributed by atoms with E-state index in [4.69, 9.17) is 0 Å². The molecule has 138 valence electrons. The molecule has 2 aromatic carbocycles. The van der Waals surface area contributed by atoms with Crippen LogP contribution in [0.2, 0.25) is 0 Å². The third-order valence-corrected chi connectivity index (χ3v) is 6.17. The van der Waals surface area contributed by atoms with Crippen molar-refractivity contribution in [2.45, 2.75) is 26.7 Å². The van der Waals surface area contributed by atoms with Crippen LogP contribution in [0.25, 0.3) is 0 Å². The van der Waals surface area contributed by atoms with Crippen molar-refractivity contribution in [2.24, 2.45) is 0 Å². The van der Waals surface area contributed by atoms with Crippen molar-refractivity contribution in [3.8, 4) is 0 Å². The van der Waals surface area contributed by atoms with E-state index >= 15 is 0 Å². The smallest absolute Gasteiger partial charge is 0.308 e. The molecule has 7 heteroatoms. The van der Waals surface area contributed by atoms with Crippen LogP contribution >= 0.6 is 0 Å². The summed E-state index contributed by atoms with van der Waals surface area (Å²) >= 11 is 0. The highest BCUT2D eigenvalue weighted by Crippen LogP contribution is 2.31. The summed E-state index contributed by atoms with van der Waals surface area (Å²) < 4.78 is 26.0. The first-order valence-corrected chi connectivity index (χ1v) is 10.3. The molecule has 1 aliphatic rings. The first-order chi connectivity index (χ1) is 12.4. The predicted molar refractivity (Wildman–Crippen MR) is 105 cm³/mol. The van der Waals surface area contributed by atoms with Gasteiger partial charge in [-0.1, -0.05) is 12.1 Å². The van der Waals surface area contributed by atoms with Crippen LogP contribution in [0.3, 0.4) is 0 Å². The van der Waals surface area contributed by atoms with Gasteiger partial charge in [-0.25, -0.2) is 13.2 Å². The van der Waals surface area contributed by atoms with Crippen molar-refractivity contribution in [1.82, 2.24) is 0 Å². The first kappa shape index (κ1) is 18.3. The Bertz CT molecular complexity index is 925. The normalized spacial score (nSPS) is 13.8. The molecule has 0 aromatic heterocycles. The Balaban J connectivity index is 1.75. The molecule has 3 rings (SSSR count). The molecule has 2 amide bonds. The second-order valence-corrected chi connectivity index (χ2v) is 8.55. The Morgan fingerprint density at radius 3 is 2.54 bits per heavy atom. The van der Waals surface area contributed by atoms with Crippen LogP contribution in [0.1, 0.15) is 24.5 Å². The maximum Gasteiger partial charge on any atom is 0.323 e. The van der Waals surface area contributed by atoms with Gasteiger partial charge in [-0.05, 0) is 68.1 Å². The lowest BCUT2D eigenvalue weighted by molar-refractivity contribution is 0.262. The lowest BCUT2D eigenvalue weighted by Gasteiger charge is -2.30. The molecule has 6 nitrogen and oxygen atoms in total. The van der Waals surface area contributed by atoms with Gasteiger partial charge < -0.3 is 10.6 Å². The summed E-state index contributed by atoms with van der Waals surface area (Å²) in [6.07, 6.45) is 1.56. The van der Waals surface area contributed by atoms with Gasteiger partial charge in [0.1, 0.15) is 0 Å². The van der Waals surface area contributed by atoms with Crippen LogP contribution < -0.4 is 14.9 Å². The molecule has 26 heavy (non-hydrogen) atoms. The Morgan fingerprint density at radius 1 is 1.12 bits per heavy atom. The summed E-state index contributed by atoms with van der Waals surface area (Å²) in [5.74, 6) is 0.0747. The molecule has 0 saturated heterocycles. The van der Waals surface area contributed by atoms with E-state index in [1.54, 1.807) is 19.1 Å². The molecule has 0 radical (unpaired) electrons. The molecule has 0 aliphatic carbocycles. The molecule has 0 fully saturated rings. The number of urea groups is 1. The third kappa shape index (κ3) is 3.99. The number of nitrogens with zero attached hydrogens (tertiary/aromatic N) is 1. The molecule has 2 N–H and O–H groups in total. The van der Waals surface area contributed by atoms with E-state index in [9.17, 15) is 13.2 Å². The van der Waals surface area contributed by atoms with Crippen molar-refractivity contribution in [3.05, 3.63) is 53.6 Å². The largest absolute Gasteiger partial charge is 0.323 e. The molecule has 0 saturated carbocycles. The van der Waals surface area contributed by atoms with E-state index in [2.05, 4.69) is 10.6 Å². The van der Waals surface area contributed by atoms with Crippen LogP contribution in [0.5, 0.6) is 0 Å².